The zero-order valence-corrected chi connectivity index (χ0v) is 21.8. The van der Waals surface area contributed by atoms with Crippen LogP contribution < -0.4 is 4.90 Å². The van der Waals surface area contributed by atoms with Crippen LogP contribution in [0.1, 0.15) is 5.56 Å². The maximum absolute atomic E-state index is 12.7. The van der Waals surface area contributed by atoms with Crippen molar-refractivity contribution in [1.29, 1.82) is 0 Å². The van der Waals surface area contributed by atoms with Crippen molar-refractivity contribution in [2.24, 2.45) is 0 Å². The summed E-state index contributed by atoms with van der Waals surface area (Å²) in [6, 6.07) is 16.9. The summed E-state index contributed by atoms with van der Waals surface area (Å²) in [6.45, 7) is 7.14. The van der Waals surface area contributed by atoms with E-state index in [1.807, 2.05) is 46.0 Å². The first-order valence-electron chi connectivity index (χ1n) is 13.4. The van der Waals surface area contributed by atoms with Crippen molar-refractivity contribution in [3.63, 3.8) is 0 Å². The molecule has 2 aliphatic rings. The Morgan fingerprint density at radius 1 is 0.897 bits per heavy atom. The van der Waals surface area contributed by atoms with Gasteiger partial charge in [0.15, 0.2) is 22.8 Å². The maximum Gasteiger partial charge on any atom is 0.227 e. The molecule has 2 fully saturated rings. The van der Waals surface area contributed by atoms with Gasteiger partial charge >= 0.3 is 0 Å². The second-order valence-corrected chi connectivity index (χ2v) is 9.89. The van der Waals surface area contributed by atoms with Crippen molar-refractivity contribution in [3.8, 4) is 17.1 Å². The molecule has 0 unspecified atom stereocenters. The van der Waals surface area contributed by atoms with E-state index in [-0.39, 0.29) is 11.7 Å². The SMILES string of the molecule is O=C(Cc1ccccc1)N1CCN(CCn2nnc3c(N4CCOCC4)nc(-c4cccc(O)c4)nc32)CC1. The predicted octanol–water partition coefficient (Wildman–Crippen LogP) is 1.82. The van der Waals surface area contributed by atoms with E-state index < -0.39 is 0 Å². The average molecular weight is 529 g/mol. The number of morpholine rings is 1. The Kier molecular flexibility index (Phi) is 7.33. The predicted molar refractivity (Wildman–Crippen MR) is 146 cm³/mol. The summed E-state index contributed by atoms with van der Waals surface area (Å²) in [6.07, 6.45) is 0.443. The number of carbonyl (C=O) groups is 1. The standard InChI is InChI=1S/C28H32N8O3/c37-23-8-4-7-22(20-23)26-29-27(35-15-17-39-18-16-35)25-28(30-26)36(32-31-25)14-11-33-9-12-34(13-10-33)24(38)19-21-5-2-1-3-6-21/h1-8,20,37H,9-19H2. The first-order chi connectivity index (χ1) is 19.1. The number of nitrogens with zero attached hydrogens (tertiary/aromatic N) is 8. The van der Waals surface area contributed by atoms with Crippen molar-refractivity contribution in [1.82, 2.24) is 34.8 Å². The van der Waals surface area contributed by atoms with E-state index in [4.69, 9.17) is 14.7 Å². The molecule has 4 heterocycles. The van der Waals surface area contributed by atoms with E-state index in [1.165, 1.54) is 0 Å². The van der Waals surface area contributed by atoms with Crippen LogP contribution >= 0.6 is 0 Å². The number of benzene rings is 2. The van der Waals surface area contributed by atoms with E-state index in [9.17, 15) is 9.90 Å². The number of aromatic hydroxyl groups is 1. The zero-order chi connectivity index (χ0) is 26.6. The van der Waals surface area contributed by atoms with Gasteiger partial charge in [-0.1, -0.05) is 47.7 Å². The summed E-state index contributed by atoms with van der Waals surface area (Å²) in [4.78, 5) is 28.9. The van der Waals surface area contributed by atoms with Crippen LogP contribution in [-0.4, -0.2) is 105 Å². The quantitative estimate of drug-likeness (QED) is 0.384. The lowest BCUT2D eigenvalue weighted by Crippen LogP contribution is -2.49. The number of piperazine rings is 1. The molecule has 0 radical (unpaired) electrons. The van der Waals surface area contributed by atoms with E-state index in [0.29, 0.717) is 56.3 Å². The fourth-order valence-corrected chi connectivity index (χ4v) is 5.10. The lowest BCUT2D eigenvalue weighted by atomic mass is 10.1. The highest BCUT2D eigenvalue weighted by Gasteiger charge is 2.24. The monoisotopic (exact) mass is 528 g/mol. The highest BCUT2D eigenvalue weighted by molar-refractivity contribution is 5.85. The number of fused-ring (bicyclic) bond motifs is 1. The highest BCUT2D eigenvalue weighted by atomic mass is 16.5. The zero-order valence-electron chi connectivity index (χ0n) is 21.8. The second kappa shape index (κ2) is 11.3. The topological polar surface area (TPSA) is 113 Å². The first-order valence-corrected chi connectivity index (χ1v) is 13.4. The van der Waals surface area contributed by atoms with E-state index in [0.717, 1.165) is 49.7 Å². The van der Waals surface area contributed by atoms with Gasteiger partial charge in [-0.2, -0.15) is 0 Å². The number of rotatable bonds is 7. The molecule has 0 saturated carbocycles. The molecule has 0 aliphatic carbocycles. The Bertz CT molecular complexity index is 1430. The number of hydrogen-bond donors (Lipinski definition) is 1. The van der Waals surface area contributed by atoms with Gasteiger partial charge in [-0.3, -0.25) is 9.69 Å². The minimum absolute atomic E-state index is 0.164. The molecule has 1 amide bonds. The molecule has 2 saturated heterocycles. The molecule has 2 aliphatic heterocycles. The third-order valence-electron chi connectivity index (χ3n) is 7.31. The largest absolute Gasteiger partial charge is 0.508 e. The van der Waals surface area contributed by atoms with Crippen molar-refractivity contribution >= 4 is 22.9 Å². The number of ether oxygens (including phenoxy) is 1. The van der Waals surface area contributed by atoms with Gasteiger partial charge in [0.1, 0.15) is 5.75 Å². The van der Waals surface area contributed by atoms with Crippen LogP contribution in [0.2, 0.25) is 0 Å². The normalized spacial score (nSPS) is 16.6. The van der Waals surface area contributed by atoms with Gasteiger partial charge in [0, 0.05) is 51.4 Å². The fraction of sp³-hybridized carbons (Fsp3) is 0.393. The second-order valence-electron chi connectivity index (χ2n) is 9.89. The summed E-state index contributed by atoms with van der Waals surface area (Å²) in [7, 11) is 0. The Balaban J connectivity index is 1.16. The Morgan fingerprint density at radius 3 is 2.46 bits per heavy atom. The molecule has 202 valence electrons. The molecular formula is C28H32N8O3. The molecule has 0 atom stereocenters. The van der Waals surface area contributed by atoms with Crippen molar-refractivity contribution in [2.75, 3.05) is 63.9 Å². The molecule has 1 N–H and O–H groups in total. The summed E-state index contributed by atoms with van der Waals surface area (Å²) in [5, 5.41) is 18.9. The lowest BCUT2D eigenvalue weighted by Gasteiger charge is -2.34. The molecule has 4 aromatic rings. The van der Waals surface area contributed by atoms with E-state index >= 15 is 0 Å². The fourth-order valence-electron chi connectivity index (χ4n) is 5.10. The van der Waals surface area contributed by atoms with Gasteiger partial charge in [0.2, 0.25) is 5.91 Å². The summed E-state index contributed by atoms with van der Waals surface area (Å²) < 4.78 is 7.37. The molecule has 6 rings (SSSR count). The van der Waals surface area contributed by atoms with Crippen LogP contribution in [-0.2, 0) is 22.5 Å². The highest BCUT2D eigenvalue weighted by Crippen LogP contribution is 2.28. The molecule has 0 spiro atoms. The average Bonchev–Trinajstić information content (AvgIpc) is 3.40. The van der Waals surface area contributed by atoms with Crippen LogP contribution in [0.4, 0.5) is 5.82 Å². The number of hydrogen-bond acceptors (Lipinski definition) is 9. The van der Waals surface area contributed by atoms with Gasteiger partial charge in [-0.25, -0.2) is 14.6 Å². The van der Waals surface area contributed by atoms with Crippen LogP contribution in [0.15, 0.2) is 54.6 Å². The van der Waals surface area contributed by atoms with Gasteiger partial charge in [0.25, 0.3) is 0 Å². The van der Waals surface area contributed by atoms with Crippen LogP contribution in [0.5, 0.6) is 5.75 Å². The Labute approximate surface area is 226 Å². The Morgan fingerprint density at radius 2 is 1.69 bits per heavy atom. The minimum atomic E-state index is 0.164. The van der Waals surface area contributed by atoms with Crippen molar-refractivity contribution in [3.05, 3.63) is 60.2 Å². The van der Waals surface area contributed by atoms with E-state index in [2.05, 4.69) is 20.1 Å². The van der Waals surface area contributed by atoms with Gasteiger partial charge < -0.3 is 19.6 Å². The molecule has 11 heteroatoms. The van der Waals surface area contributed by atoms with Gasteiger partial charge in [0.05, 0.1) is 26.2 Å². The van der Waals surface area contributed by atoms with E-state index in [1.54, 1.807) is 18.2 Å². The number of carbonyl (C=O) groups excluding carboxylic acids is 1. The first kappa shape index (κ1) is 25.2. The molecule has 2 aromatic heterocycles. The van der Waals surface area contributed by atoms with Crippen molar-refractivity contribution in [2.45, 2.75) is 13.0 Å². The number of phenolic OH excluding ortho intramolecular Hbond substituents is 1. The molecular weight excluding hydrogens is 496 g/mol. The van der Waals surface area contributed by atoms with Crippen molar-refractivity contribution < 1.29 is 14.6 Å². The molecule has 0 bridgehead atoms. The number of amides is 1. The number of anilines is 1. The van der Waals surface area contributed by atoms with Gasteiger partial charge in [-0.15, -0.1) is 5.10 Å². The summed E-state index contributed by atoms with van der Waals surface area (Å²) >= 11 is 0. The molecule has 11 nitrogen and oxygen atoms in total. The summed E-state index contributed by atoms with van der Waals surface area (Å²) in [5.74, 6) is 1.60. The third kappa shape index (κ3) is 5.69. The third-order valence-corrected chi connectivity index (χ3v) is 7.31. The van der Waals surface area contributed by atoms with Crippen LogP contribution in [0.25, 0.3) is 22.6 Å². The van der Waals surface area contributed by atoms with Crippen LogP contribution in [0, 0.1) is 0 Å². The maximum atomic E-state index is 12.7. The Hall–Kier alpha value is -4.09. The minimum Gasteiger partial charge on any atom is -0.508 e. The smallest absolute Gasteiger partial charge is 0.227 e. The van der Waals surface area contributed by atoms with Gasteiger partial charge in [-0.05, 0) is 17.7 Å². The number of phenols is 1. The molecule has 2 aromatic carbocycles. The lowest BCUT2D eigenvalue weighted by molar-refractivity contribution is -0.132. The summed E-state index contributed by atoms with van der Waals surface area (Å²) in [5.41, 5.74) is 3.11. The van der Waals surface area contributed by atoms with Crippen LogP contribution in [0.3, 0.4) is 0 Å². The molecule has 39 heavy (non-hydrogen) atoms. The number of aromatic nitrogens is 5.